The van der Waals surface area contributed by atoms with Gasteiger partial charge in [-0.25, -0.2) is 0 Å². The maximum atomic E-state index is 4.98. The van der Waals surface area contributed by atoms with Gasteiger partial charge in [-0.2, -0.15) is 0 Å². The molecule has 0 aromatic rings. The minimum Gasteiger partial charge on any atom is 0 e. The molecular formula is Cl5P2. The van der Waals surface area contributed by atoms with Crippen molar-refractivity contribution >= 4 is 69.5 Å². The van der Waals surface area contributed by atoms with Crippen LogP contribution in [-0.2, 0) is 0 Å². The van der Waals surface area contributed by atoms with Crippen LogP contribution >= 0.6 is 69.5 Å². The molecule has 0 heterocycles. The molecule has 0 atom stereocenters. The molecule has 0 amide bonds. The van der Waals surface area contributed by atoms with Crippen LogP contribution in [0.3, 0.4) is 0 Å². The summed E-state index contributed by atoms with van der Waals surface area (Å²) >= 11 is 24.9. The number of hydrogen-bond donors (Lipinski definition) is 0. The molecule has 0 fully saturated rings. The molecule has 7 heteroatoms. The molecule has 0 aromatic carbocycles. The molecule has 0 bridgehead atoms. The van der Waals surface area contributed by atoms with Gasteiger partial charge in [0.1, 0.15) is 0 Å². The predicted molar refractivity (Wildman–Crippen MR) is 43.1 cm³/mol. The zero-order valence-corrected chi connectivity index (χ0v) is 8.35. The van der Waals surface area contributed by atoms with Crippen molar-refractivity contribution in [2.45, 2.75) is 0 Å². The first-order chi connectivity index (χ1) is 2.24. The van der Waals surface area contributed by atoms with E-state index in [9.17, 15) is 0 Å². The molecule has 0 saturated carbocycles. The molecule has 0 rings (SSSR count). The molecule has 0 aliphatic heterocycles. The van der Waals surface area contributed by atoms with E-state index in [1.54, 1.807) is 0 Å². The van der Waals surface area contributed by atoms with Gasteiger partial charge >= 0.3 is 59.6 Å². The third-order valence-electron chi connectivity index (χ3n) is 0. The Morgan fingerprint density at radius 2 is 0.714 bits per heavy atom. The number of hydrogen-bond acceptors (Lipinski definition) is 0. The van der Waals surface area contributed by atoms with Crippen molar-refractivity contribution in [1.82, 2.24) is 0 Å². The molecule has 0 saturated heterocycles. The summed E-state index contributed by atoms with van der Waals surface area (Å²) < 4.78 is -3.69. The van der Waals surface area contributed by atoms with E-state index in [-0.39, 0.29) is 9.90 Å². The standard InChI is InChI=1S/Cl5P.P/c1-6(2,3,4)5;. The maximum Gasteiger partial charge on any atom is 0 e. The van der Waals surface area contributed by atoms with Crippen LogP contribution in [-0.4, -0.2) is 0 Å². The van der Waals surface area contributed by atoms with Crippen LogP contribution in [0, 0.1) is 0 Å². The smallest absolute Gasteiger partial charge is 0 e. The van der Waals surface area contributed by atoms with Crippen LogP contribution in [0.25, 0.3) is 0 Å². The summed E-state index contributed by atoms with van der Waals surface area (Å²) in [6.45, 7) is 0. The van der Waals surface area contributed by atoms with E-state index in [0.29, 0.717) is 0 Å². The Hall–Kier alpha value is 2.31. The molecule has 0 nitrogen and oxygen atoms in total. The fraction of sp³-hybridized carbons (Fsp3) is 0. The van der Waals surface area contributed by atoms with Gasteiger partial charge in [0, 0.05) is 9.90 Å². The van der Waals surface area contributed by atoms with Crippen molar-refractivity contribution in [1.29, 1.82) is 0 Å². The van der Waals surface area contributed by atoms with E-state index in [4.69, 9.17) is 56.2 Å². The molecule has 7 heavy (non-hydrogen) atoms. The average molecular weight is 239 g/mol. The Labute approximate surface area is 69.3 Å². The summed E-state index contributed by atoms with van der Waals surface area (Å²) in [6, 6.07) is 0. The second kappa shape index (κ2) is 2.93. The van der Waals surface area contributed by atoms with Crippen LogP contribution in [0.5, 0.6) is 0 Å². The summed E-state index contributed by atoms with van der Waals surface area (Å²) in [4.78, 5) is 0. The molecule has 0 aromatic heterocycles. The Morgan fingerprint density at radius 1 is 0.714 bits per heavy atom. The van der Waals surface area contributed by atoms with Crippen molar-refractivity contribution < 1.29 is 0 Å². The summed E-state index contributed by atoms with van der Waals surface area (Å²) in [7, 11) is 0. The van der Waals surface area contributed by atoms with Gasteiger partial charge in [-0.15, -0.1) is 0 Å². The molecular weight excluding hydrogens is 239 g/mol. The Morgan fingerprint density at radius 3 is 0.714 bits per heavy atom. The van der Waals surface area contributed by atoms with Crippen molar-refractivity contribution in [2.75, 3.05) is 0 Å². The van der Waals surface area contributed by atoms with E-state index in [1.165, 1.54) is 0 Å². The summed E-state index contributed by atoms with van der Waals surface area (Å²) in [5.41, 5.74) is 0. The topological polar surface area (TPSA) is 0 Å². The van der Waals surface area contributed by atoms with Gasteiger partial charge in [-0.05, 0) is 0 Å². The van der Waals surface area contributed by atoms with E-state index in [1.807, 2.05) is 0 Å². The molecule has 45 valence electrons. The Balaban J connectivity index is 0. The number of rotatable bonds is 0. The van der Waals surface area contributed by atoms with Gasteiger partial charge in [0.25, 0.3) is 0 Å². The molecule has 0 unspecified atom stereocenters. The minimum atomic E-state index is -3.69. The van der Waals surface area contributed by atoms with Crippen molar-refractivity contribution in [3.63, 3.8) is 0 Å². The Kier molecular flexibility index (Phi) is 5.04. The Bertz CT molecular complexity index is 39.3. The van der Waals surface area contributed by atoms with Crippen molar-refractivity contribution in [2.24, 2.45) is 0 Å². The predicted octanol–water partition coefficient (Wildman–Crippen LogP) is 5.17. The molecule has 0 N–H and O–H groups in total. The summed E-state index contributed by atoms with van der Waals surface area (Å²) in [6.07, 6.45) is 0. The minimum absolute atomic E-state index is 0. The van der Waals surface area contributed by atoms with Crippen LogP contribution in [0.1, 0.15) is 0 Å². The largest absolute Gasteiger partial charge is 0 e. The first kappa shape index (κ1) is 12.0. The van der Waals surface area contributed by atoms with Gasteiger partial charge in [-0.3, -0.25) is 0 Å². The van der Waals surface area contributed by atoms with E-state index in [2.05, 4.69) is 0 Å². The number of halogens is 5. The molecule has 0 aliphatic rings. The van der Waals surface area contributed by atoms with Crippen LogP contribution in [0.2, 0.25) is 0 Å². The van der Waals surface area contributed by atoms with Crippen LogP contribution < -0.4 is 0 Å². The normalized spacial score (nSPS) is 16.4. The zero-order valence-electron chi connectivity index (χ0n) is 2.78. The quantitative estimate of drug-likeness (QED) is 0.511. The van der Waals surface area contributed by atoms with E-state index in [0.717, 1.165) is 0 Å². The van der Waals surface area contributed by atoms with Gasteiger partial charge < -0.3 is 0 Å². The summed E-state index contributed by atoms with van der Waals surface area (Å²) in [5, 5.41) is 0. The van der Waals surface area contributed by atoms with Crippen LogP contribution in [0.4, 0.5) is 0 Å². The zero-order chi connectivity index (χ0) is 5.45. The monoisotopic (exact) mass is 237 g/mol. The second-order valence-corrected chi connectivity index (χ2v) is 17.2. The molecule has 0 aliphatic carbocycles. The average Bonchev–Trinajstić information content (AvgIpc) is 0.650. The van der Waals surface area contributed by atoms with Gasteiger partial charge in [-0.1, -0.05) is 0 Å². The first-order valence-corrected chi connectivity index (χ1v) is 7.61. The van der Waals surface area contributed by atoms with Gasteiger partial charge in [0.05, 0.1) is 0 Å². The maximum absolute atomic E-state index is 4.98. The third kappa shape index (κ3) is 62.0. The third-order valence-corrected chi connectivity index (χ3v) is 0. The summed E-state index contributed by atoms with van der Waals surface area (Å²) in [5.74, 6) is 0. The van der Waals surface area contributed by atoms with Crippen LogP contribution in [0.15, 0.2) is 0 Å². The second-order valence-electron chi connectivity index (χ2n) is 0.639. The van der Waals surface area contributed by atoms with E-state index < -0.39 is 3.37 Å². The first-order valence-electron chi connectivity index (χ1n) is 0.845. The van der Waals surface area contributed by atoms with Crippen molar-refractivity contribution in [3.8, 4) is 0 Å². The van der Waals surface area contributed by atoms with Gasteiger partial charge in [0.2, 0.25) is 0 Å². The fourth-order valence-corrected chi connectivity index (χ4v) is 0. The van der Waals surface area contributed by atoms with Crippen molar-refractivity contribution in [3.05, 3.63) is 0 Å². The molecule has 3 radical (unpaired) electrons. The SMILES string of the molecule is ClP(Cl)(Cl)(Cl)Cl.[P]. The van der Waals surface area contributed by atoms with Gasteiger partial charge in [0.15, 0.2) is 0 Å². The fourth-order valence-electron chi connectivity index (χ4n) is 0. The van der Waals surface area contributed by atoms with E-state index >= 15 is 0 Å². The molecule has 0 spiro atoms.